The average molecular weight is 277 g/mol. The maximum atomic E-state index is 12.0. The van der Waals surface area contributed by atoms with Crippen LogP contribution in [0.3, 0.4) is 0 Å². The van der Waals surface area contributed by atoms with Crippen molar-refractivity contribution in [3.05, 3.63) is 35.4 Å². The molecule has 1 aromatic carbocycles. The molecule has 1 amide bonds. The molecule has 1 N–H and O–H groups in total. The van der Waals surface area contributed by atoms with Gasteiger partial charge in [-0.2, -0.15) is 5.26 Å². The van der Waals surface area contributed by atoms with E-state index in [9.17, 15) is 4.79 Å². The number of hydrogen-bond acceptors (Lipinski definition) is 2. The topological polar surface area (TPSA) is 52.9 Å². The molecule has 1 aliphatic rings. The van der Waals surface area contributed by atoms with Gasteiger partial charge in [0.2, 0.25) is 0 Å². The molecule has 0 heterocycles. The van der Waals surface area contributed by atoms with E-state index in [0.717, 1.165) is 12.8 Å². The molecule has 0 saturated heterocycles. The van der Waals surface area contributed by atoms with Crippen molar-refractivity contribution in [2.75, 3.05) is 6.54 Å². The lowest BCUT2D eigenvalue weighted by atomic mass is 9.88. The molecule has 0 aliphatic heterocycles. The van der Waals surface area contributed by atoms with Crippen molar-refractivity contribution in [3.8, 4) is 6.07 Å². The number of amides is 1. The van der Waals surface area contributed by atoms with Crippen LogP contribution in [-0.2, 0) is 0 Å². The summed E-state index contributed by atoms with van der Waals surface area (Å²) in [5.74, 6) is 0.275. The first-order valence-corrected chi connectivity index (χ1v) is 7.07. The van der Waals surface area contributed by atoms with Crippen molar-refractivity contribution in [1.29, 1.82) is 5.26 Å². The van der Waals surface area contributed by atoms with Gasteiger partial charge in [-0.15, -0.1) is 11.6 Å². The fraction of sp³-hybridized carbons (Fsp3) is 0.467. The standard InChI is InChI=1S/C15H17ClN2O/c16-14-4-2-1-3-13(14)10-18-15(19)12-7-5-11(9-17)6-8-12/h5-8,13-14H,1-4,10H2,(H,18,19). The van der Waals surface area contributed by atoms with Crippen molar-refractivity contribution in [2.24, 2.45) is 5.92 Å². The SMILES string of the molecule is N#Cc1ccc(C(=O)NCC2CCCCC2Cl)cc1. The lowest BCUT2D eigenvalue weighted by Crippen LogP contribution is -2.34. The van der Waals surface area contributed by atoms with E-state index in [1.807, 2.05) is 6.07 Å². The Morgan fingerprint density at radius 1 is 1.32 bits per heavy atom. The number of nitrogens with zero attached hydrogens (tertiary/aromatic N) is 1. The summed E-state index contributed by atoms with van der Waals surface area (Å²) < 4.78 is 0. The van der Waals surface area contributed by atoms with Crippen LogP contribution in [0.15, 0.2) is 24.3 Å². The number of alkyl halides is 1. The molecule has 1 saturated carbocycles. The van der Waals surface area contributed by atoms with Gasteiger partial charge in [0.25, 0.3) is 5.91 Å². The third-order valence-corrected chi connectivity index (χ3v) is 4.19. The highest BCUT2D eigenvalue weighted by atomic mass is 35.5. The van der Waals surface area contributed by atoms with Gasteiger partial charge in [0.1, 0.15) is 0 Å². The highest BCUT2D eigenvalue weighted by Gasteiger charge is 2.23. The molecule has 0 spiro atoms. The lowest BCUT2D eigenvalue weighted by molar-refractivity contribution is 0.0944. The molecule has 1 aliphatic carbocycles. The zero-order chi connectivity index (χ0) is 13.7. The van der Waals surface area contributed by atoms with E-state index in [1.54, 1.807) is 24.3 Å². The number of rotatable bonds is 3. The van der Waals surface area contributed by atoms with Crippen molar-refractivity contribution < 1.29 is 4.79 Å². The third kappa shape index (κ3) is 3.71. The molecule has 0 aromatic heterocycles. The Kier molecular flexibility index (Phi) is 4.81. The molecule has 4 heteroatoms. The normalized spacial score (nSPS) is 22.5. The monoisotopic (exact) mass is 276 g/mol. The van der Waals surface area contributed by atoms with E-state index in [0.29, 0.717) is 23.6 Å². The van der Waals surface area contributed by atoms with Crippen LogP contribution >= 0.6 is 11.6 Å². The van der Waals surface area contributed by atoms with Crippen molar-refractivity contribution in [1.82, 2.24) is 5.32 Å². The van der Waals surface area contributed by atoms with Crippen molar-refractivity contribution in [2.45, 2.75) is 31.1 Å². The van der Waals surface area contributed by atoms with E-state index in [4.69, 9.17) is 16.9 Å². The maximum Gasteiger partial charge on any atom is 0.251 e. The predicted octanol–water partition coefficient (Wildman–Crippen LogP) is 3.09. The van der Waals surface area contributed by atoms with Gasteiger partial charge in [-0.25, -0.2) is 0 Å². The Morgan fingerprint density at radius 2 is 2.00 bits per heavy atom. The smallest absolute Gasteiger partial charge is 0.251 e. The number of hydrogen-bond donors (Lipinski definition) is 1. The van der Waals surface area contributed by atoms with Crippen LogP contribution in [0.25, 0.3) is 0 Å². The Balaban J connectivity index is 1.88. The van der Waals surface area contributed by atoms with Crippen LogP contribution in [-0.4, -0.2) is 17.8 Å². The van der Waals surface area contributed by atoms with Crippen LogP contribution in [0.5, 0.6) is 0 Å². The van der Waals surface area contributed by atoms with Gasteiger partial charge in [-0.05, 0) is 43.0 Å². The van der Waals surface area contributed by atoms with Gasteiger partial charge in [0, 0.05) is 17.5 Å². The summed E-state index contributed by atoms with van der Waals surface area (Å²) in [6, 6.07) is 8.69. The Bertz CT molecular complexity index is 478. The second kappa shape index (κ2) is 6.58. The number of halogens is 1. The summed E-state index contributed by atoms with van der Waals surface area (Å²) in [5.41, 5.74) is 1.14. The molecule has 2 atom stereocenters. The number of carbonyl (C=O) groups is 1. The first-order valence-electron chi connectivity index (χ1n) is 6.63. The quantitative estimate of drug-likeness (QED) is 0.863. The highest BCUT2D eigenvalue weighted by Crippen LogP contribution is 2.28. The van der Waals surface area contributed by atoms with E-state index in [-0.39, 0.29) is 11.3 Å². The zero-order valence-electron chi connectivity index (χ0n) is 10.7. The summed E-state index contributed by atoms with van der Waals surface area (Å²) >= 11 is 6.26. The highest BCUT2D eigenvalue weighted by molar-refractivity contribution is 6.20. The Morgan fingerprint density at radius 3 is 2.63 bits per heavy atom. The summed E-state index contributed by atoms with van der Waals surface area (Å²) in [7, 11) is 0. The van der Waals surface area contributed by atoms with Gasteiger partial charge in [-0.1, -0.05) is 12.8 Å². The third-order valence-electron chi connectivity index (χ3n) is 3.62. The Labute approximate surface area is 118 Å². The van der Waals surface area contributed by atoms with Crippen LogP contribution in [0, 0.1) is 17.2 Å². The van der Waals surface area contributed by atoms with E-state index in [1.165, 1.54) is 12.8 Å². The first kappa shape index (κ1) is 13.9. The van der Waals surface area contributed by atoms with Gasteiger partial charge in [0.05, 0.1) is 11.6 Å². The summed E-state index contributed by atoms with van der Waals surface area (Å²) in [6.07, 6.45) is 4.51. The number of benzene rings is 1. The molecule has 0 bridgehead atoms. The van der Waals surface area contributed by atoms with E-state index < -0.39 is 0 Å². The second-order valence-electron chi connectivity index (χ2n) is 4.96. The molecule has 1 aromatic rings. The molecular weight excluding hydrogens is 260 g/mol. The predicted molar refractivity (Wildman–Crippen MR) is 75.1 cm³/mol. The molecular formula is C15H17ClN2O. The molecule has 2 unspecified atom stereocenters. The minimum absolute atomic E-state index is 0.0982. The van der Waals surface area contributed by atoms with Gasteiger partial charge in [-0.3, -0.25) is 4.79 Å². The van der Waals surface area contributed by atoms with E-state index in [2.05, 4.69) is 5.32 Å². The molecule has 0 radical (unpaired) electrons. The largest absolute Gasteiger partial charge is 0.352 e. The second-order valence-corrected chi connectivity index (χ2v) is 5.52. The lowest BCUT2D eigenvalue weighted by Gasteiger charge is -2.27. The first-order chi connectivity index (χ1) is 9.20. The molecule has 1 fully saturated rings. The minimum atomic E-state index is -0.0982. The fourth-order valence-corrected chi connectivity index (χ4v) is 2.78. The van der Waals surface area contributed by atoms with Gasteiger partial charge in [0.15, 0.2) is 0 Å². The minimum Gasteiger partial charge on any atom is -0.352 e. The molecule has 2 rings (SSSR count). The maximum absolute atomic E-state index is 12.0. The number of carbonyl (C=O) groups excluding carboxylic acids is 1. The summed E-state index contributed by atoms with van der Waals surface area (Å²) in [5, 5.41) is 11.8. The number of nitriles is 1. The number of nitrogens with one attached hydrogen (secondary N) is 1. The van der Waals surface area contributed by atoms with Crippen LogP contribution in [0.4, 0.5) is 0 Å². The summed E-state index contributed by atoms with van der Waals surface area (Å²) in [4.78, 5) is 12.0. The van der Waals surface area contributed by atoms with E-state index >= 15 is 0 Å². The zero-order valence-corrected chi connectivity index (χ0v) is 11.5. The molecule has 100 valence electrons. The van der Waals surface area contributed by atoms with Crippen LogP contribution in [0.2, 0.25) is 0 Å². The fourth-order valence-electron chi connectivity index (χ4n) is 2.41. The average Bonchev–Trinajstić information content (AvgIpc) is 2.46. The van der Waals surface area contributed by atoms with Gasteiger partial charge < -0.3 is 5.32 Å². The van der Waals surface area contributed by atoms with Crippen LogP contribution in [0.1, 0.15) is 41.6 Å². The van der Waals surface area contributed by atoms with Gasteiger partial charge >= 0.3 is 0 Å². The Hall–Kier alpha value is -1.53. The molecule has 3 nitrogen and oxygen atoms in total. The van der Waals surface area contributed by atoms with Crippen LogP contribution < -0.4 is 5.32 Å². The summed E-state index contributed by atoms with van der Waals surface area (Å²) in [6.45, 7) is 0.632. The molecule has 19 heavy (non-hydrogen) atoms. The van der Waals surface area contributed by atoms with Crippen molar-refractivity contribution >= 4 is 17.5 Å². The van der Waals surface area contributed by atoms with Crippen molar-refractivity contribution in [3.63, 3.8) is 0 Å².